The average Bonchev–Trinajstić information content (AvgIpc) is 3.35. The summed E-state index contributed by atoms with van der Waals surface area (Å²) < 4.78 is 10.6. The monoisotopic (exact) mass is 398 g/mol. The Kier molecular flexibility index (Phi) is 5.34. The second-order valence-electron chi connectivity index (χ2n) is 6.97. The highest BCUT2D eigenvalue weighted by atomic mass is 32.1. The Labute approximate surface area is 167 Å². The maximum absolute atomic E-state index is 12.4. The van der Waals surface area contributed by atoms with E-state index in [0.717, 1.165) is 18.4 Å². The van der Waals surface area contributed by atoms with E-state index < -0.39 is 5.91 Å². The zero-order valence-electron chi connectivity index (χ0n) is 15.6. The van der Waals surface area contributed by atoms with Crippen molar-refractivity contribution in [2.45, 2.75) is 32.6 Å². The van der Waals surface area contributed by atoms with Gasteiger partial charge in [-0.2, -0.15) is 0 Å². The molecule has 0 radical (unpaired) electrons. The smallest absolute Gasteiger partial charge is 0.279 e. The molecule has 1 atom stereocenters. The summed E-state index contributed by atoms with van der Waals surface area (Å²) in [5, 5.41) is 0. The molecule has 0 spiro atoms. The maximum Gasteiger partial charge on any atom is 0.279 e. The lowest BCUT2D eigenvalue weighted by atomic mass is 9.87. The van der Waals surface area contributed by atoms with Crippen LogP contribution in [0.15, 0.2) is 30.3 Å². The van der Waals surface area contributed by atoms with Gasteiger partial charge in [-0.3, -0.25) is 20.4 Å². The lowest BCUT2D eigenvalue weighted by molar-refractivity contribution is -0.117. The number of nitrogens with one attached hydrogen (secondary N) is 2. The first kappa shape index (κ1) is 18.6. The molecule has 0 fully saturated rings. The summed E-state index contributed by atoms with van der Waals surface area (Å²) >= 11 is 1.52. The summed E-state index contributed by atoms with van der Waals surface area (Å²) in [4.78, 5) is 26.3. The summed E-state index contributed by atoms with van der Waals surface area (Å²) in [7, 11) is 0. The summed E-state index contributed by atoms with van der Waals surface area (Å²) in [6.45, 7) is 2.42. The number of thiophene rings is 1. The largest absolute Gasteiger partial charge is 0.454 e. The second-order valence-corrected chi connectivity index (χ2v) is 8.10. The summed E-state index contributed by atoms with van der Waals surface area (Å²) in [5.74, 6) is 1.37. The van der Waals surface area contributed by atoms with Gasteiger partial charge in [-0.25, -0.2) is 0 Å². The van der Waals surface area contributed by atoms with Crippen LogP contribution in [0.5, 0.6) is 11.5 Å². The van der Waals surface area contributed by atoms with E-state index in [4.69, 9.17) is 9.47 Å². The number of hydrogen-bond donors (Lipinski definition) is 2. The van der Waals surface area contributed by atoms with Crippen LogP contribution in [0.2, 0.25) is 0 Å². The van der Waals surface area contributed by atoms with Gasteiger partial charge in [0.2, 0.25) is 6.79 Å². The standard InChI is InChI=1S/C21H22N2O4S/c1-2-13-4-7-18-15(9-13)11-19(28-18)21(25)23-22-20(24)8-5-14-3-6-16-17(10-14)27-12-26-16/h3,5-6,8,10-11,13H,2,4,7,9,12H2,1H3,(H,22,24)(H,23,25)/b8-5+/t13-/m1/s1. The Hall–Kier alpha value is -2.80. The molecular formula is C21H22N2O4S. The van der Waals surface area contributed by atoms with E-state index in [1.807, 2.05) is 12.1 Å². The average molecular weight is 398 g/mol. The molecule has 0 saturated carbocycles. The third kappa shape index (κ3) is 4.04. The van der Waals surface area contributed by atoms with Gasteiger partial charge in [-0.1, -0.05) is 19.4 Å². The molecule has 6 nitrogen and oxygen atoms in total. The number of hydrogen-bond acceptors (Lipinski definition) is 5. The van der Waals surface area contributed by atoms with Crippen molar-refractivity contribution < 1.29 is 19.1 Å². The minimum atomic E-state index is -0.404. The minimum Gasteiger partial charge on any atom is -0.454 e. The Morgan fingerprint density at radius 1 is 1.21 bits per heavy atom. The molecule has 2 aromatic rings. The number of aryl methyl sites for hydroxylation is 1. The fraction of sp³-hybridized carbons (Fsp3) is 0.333. The van der Waals surface area contributed by atoms with E-state index in [9.17, 15) is 9.59 Å². The molecule has 1 aliphatic heterocycles. The van der Waals surface area contributed by atoms with Crippen LogP contribution in [0.25, 0.3) is 6.08 Å². The highest BCUT2D eigenvalue weighted by molar-refractivity contribution is 7.14. The van der Waals surface area contributed by atoms with Gasteiger partial charge in [0, 0.05) is 11.0 Å². The Bertz CT molecular complexity index is 934. The molecule has 0 saturated heterocycles. The molecule has 1 aromatic carbocycles. The zero-order valence-corrected chi connectivity index (χ0v) is 16.4. The van der Waals surface area contributed by atoms with E-state index in [2.05, 4.69) is 17.8 Å². The lowest BCUT2D eigenvalue weighted by Crippen LogP contribution is -2.40. The number of hydrazine groups is 1. The molecule has 4 rings (SSSR count). The van der Waals surface area contributed by atoms with Gasteiger partial charge in [0.1, 0.15) is 0 Å². The van der Waals surface area contributed by atoms with Crippen LogP contribution in [-0.4, -0.2) is 18.6 Å². The Morgan fingerprint density at radius 2 is 2.07 bits per heavy atom. The number of ether oxygens (including phenoxy) is 2. The van der Waals surface area contributed by atoms with E-state index in [-0.39, 0.29) is 12.7 Å². The highest BCUT2D eigenvalue weighted by Crippen LogP contribution is 2.34. The lowest BCUT2D eigenvalue weighted by Gasteiger charge is -2.19. The third-order valence-corrected chi connectivity index (χ3v) is 6.34. The zero-order chi connectivity index (χ0) is 19.5. The first-order chi connectivity index (χ1) is 13.6. The SMILES string of the molecule is CC[C@@H]1CCc2sc(C(=O)NNC(=O)/C=C/c3ccc4c(c3)OCO4)cc2C1. The van der Waals surface area contributed by atoms with Crippen molar-refractivity contribution in [1.82, 2.24) is 10.9 Å². The van der Waals surface area contributed by atoms with Crippen LogP contribution < -0.4 is 20.3 Å². The Morgan fingerprint density at radius 3 is 2.93 bits per heavy atom. The quantitative estimate of drug-likeness (QED) is 0.611. The van der Waals surface area contributed by atoms with Crippen molar-refractivity contribution in [3.63, 3.8) is 0 Å². The van der Waals surface area contributed by atoms with Crippen molar-refractivity contribution >= 4 is 29.2 Å². The number of carbonyl (C=O) groups excluding carboxylic acids is 2. The third-order valence-electron chi connectivity index (χ3n) is 5.11. The normalized spacial score (nSPS) is 17.4. The van der Waals surface area contributed by atoms with Crippen LogP contribution in [-0.2, 0) is 17.6 Å². The molecule has 1 aromatic heterocycles. The van der Waals surface area contributed by atoms with Crippen LogP contribution >= 0.6 is 11.3 Å². The van der Waals surface area contributed by atoms with E-state index >= 15 is 0 Å². The van der Waals surface area contributed by atoms with Crippen LogP contribution in [0, 0.1) is 5.92 Å². The molecule has 2 N–H and O–H groups in total. The molecule has 0 bridgehead atoms. The number of carbonyl (C=O) groups is 2. The fourth-order valence-corrected chi connectivity index (χ4v) is 4.57. The first-order valence-electron chi connectivity index (χ1n) is 9.42. The summed E-state index contributed by atoms with van der Waals surface area (Å²) in [5.41, 5.74) is 7.00. The predicted molar refractivity (Wildman–Crippen MR) is 107 cm³/mol. The summed E-state index contributed by atoms with van der Waals surface area (Å²) in [6.07, 6.45) is 7.45. The molecule has 2 heterocycles. The van der Waals surface area contributed by atoms with Gasteiger partial charge < -0.3 is 9.47 Å². The topological polar surface area (TPSA) is 76.7 Å². The van der Waals surface area contributed by atoms with Crippen molar-refractivity contribution in [3.05, 3.63) is 51.2 Å². The van der Waals surface area contributed by atoms with Gasteiger partial charge in [-0.15, -0.1) is 11.3 Å². The number of amides is 2. The van der Waals surface area contributed by atoms with Gasteiger partial charge in [0.15, 0.2) is 11.5 Å². The number of benzene rings is 1. The molecule has 1 aliphatic carbocycles. The molecule has 146 valence electrons. The number of rotatable bonds is 4. The fourth-order valence-electron chi connectivity index (χ4n) is 3.47. The second kappa shape index (κ2) is 8.06. The van der Waals surface area contributed by atoms with Crippen molar-refractivity contribution in [3.8, 4) is 11.5 Å². The van der Waals surface area contributed by atoms with Gasteiger partial charge in [-0.05, 0) is 60.6 Å². The highest BCUT2D eigenvalue weighted by Gasteiger charge is 2.22. The van der Waals surface area contributed by atoms with Gasteiger partial charge in [0.25, 0.3) is 11.8 Å². The van der Waals surface area contributed by atoms with Crippen molar-refractivity contribution in [1.29, 1.82) is 0 Å². The van der Waals surface area contributed by atoms with E-state index in [0.29, 0.717) is 22.3 Å². The minimum absolute atomic E-state index is 0.209. The molecule has 28 heavy (non-hydrogen) atoms. The molecule has 0 unspecified atom stereocenters. The molecule has 2 amide bonds. The van der Waals surface area contributed by atoms with Gasteiger partial charge >= 0.3 is 0 Å². The van der Waals surface area contributed by atoms with Crippen LogP contribution in [0.4, 0.5) is 0 Å². The van der Waals surface area contributed by atoms with Crippen molar-refractivity contribution in [2.75, 3.05) is 6.79 Å². The van der Waals surface area contributed by atoms with Crippen molar-refractivity contribution in [2.24, 2.45) is 5.92 Å². The number of fused-ring (bicyclic) bond motifs is 2. The van der Waals surface area contributed by atoms with Gasteiger partial charge in [0.05, 0.1) is 4.88 Å². The maximum atomic E-state index is 12.4. The Balaban J connectivity index is 1.31. The summed E-state index contributed by atoms with van der Waals surface area (Å²) in [6, 6.07) is 7.38. The van der Waals surface area contributed by atoms with E-state index in [1.54, 1.807) is 18.2 Å². The molecular weight excluding hydrogens is 376 g/mol. The van der Waals surface area contributed by atoms with Crippen LogP contribution in [0.1, 0.15) is 45.4 Å². The van der Waals surface area contributed by atoms with E-state index in [1.165, 1.54) is 40.7 Å². The molecule has 2 aliphatic rings. The predicted octanol–water partition coefficient (Wildman–Crippen LogP) is 3.47. The first-order valence-corrected chi connectivity index (χ1v) is 10.2. The van der Waals surface area contributed by atoms with Crippen LogP contribution in [0.3, 0.4) is 0 Å². The molecule has 7 heteroatoms.